The monoisotopic (exact) mass is 403 g/mol. The Morgan fingerprint density at radius 1 is 1.13 bits per heavy atom. The fraction of sp³-hybridized carbons (Fsp3) is 0.320. The minimum atomic E-state index is -0.226. The third kappa shape index (κ3) is 3.59. The summed E-state index contributed by atoms with van der Waals surface area (Å²) in [6.07, 6.45) is 10.6. The molecule has 1 fully saturated rings. The number of nitrogens with one attached hydrogen (secondary N) is 1. The molecule has 0 radical (unpaired) electrons. The molecule has 5 heteroatoms. The van der Waals surface area contributed by atoms with Crippen LogP contribution in [0.1, 0.15) is 25.3 Å². The van der Waals surface area contributed by atoms with Crippen molar-refractivity contribution >= 4 is 5.57 Å². The van der Waals surface area contributed by atoms with Crippen molar-refractivity contribution in [2.45, 2.75) is 31.9 Å². The highest BCUT2D eigenvalue weighted by molar-refractivity contribution is 5.91. The predicted octanol–water partition coefficient (Wildman–Crippen LogP) is 5.15. The van der Waals surface area contributed by atoms with Gasteiger partial charge in [-0.2, -0.15) is 0 Å². The summed E-state index contributed by atoms with van der Waals surface area (Å²) < 4.78 is 19.4. The molecule has 2 aliphatic rings. The van der Waals surface area contributed by atoms with Crippen molar-refractivity contribution in [3.8, 4) is 22.4 Å². The summed E-state index contributed by atoms with van der Waals surface area (Å²) in [7, 11) is 0. The van der Waals surface area contributed by atoms with Gasteiger partial charge in [0.25, 0.3) is 0 Å². The average molecular weight is 404 g/mol. The van der Waals surface area contributed by atoms with Crippen LogP contribution in [0.4, 0.5) is 4.39 Å². The Kier molecular flexibility index (Phi) is 5.23. The summed E-state index contributed by atoms with van der Waals surface area (Å²) in [6.45, 7) is 4.91. The predicted molar refractivity (Wildman–Crippen MR) is 117 cm³/mol. The summed E-state index contributed by atoms with van der Waals surface area (Å²) in [5.74, 6) is -0.226. The van der Waals surface area contributed by atoms with Crippen LogP contribution in [0, 0.1) is 5.82 Å². The molecule has 3 aromatic rings. The van der Waals surface area contributed by atoms with Crippen LogP contribution in [0.25, 0.3) is 28.0 Å². The summed E-state index contributed by atoms with van der Waals surface area (Å²) in [5.41, 5.74) is 6.85. The summed E-state index contributed by atoms with van der Waals surface area (Å²) in [5, 5.41) is 0. The molecule has 0 unspecified atom stereocenters. The van der Waals surface area contributed by atoms with Crippen LogP contribution in [0.2, 0.25) is 0 Å². The number of nitrogens with zero attached hydrogens (tertiary/aromatic N) is 2. The van der Waals surface area contributed by atoms with Crippen LogP contribution in [0.3, 0.4) is 0 Å². The second-order valence-electron chi connectivity index (χ2n) is 8.01. The normalized spacial score (nSPS) is 21.5. The van der Waals surface area contributed by atoms with Crippen LogP contribution >= 0.6 is 0 Å². The van der Waals surface area contributed by atoms with Gasteiger partial charge in [0.05, 0.1) is 11.8 Å². The summed E-state index contributed by atoms with van der Waals surface area (Å²) >= 11 is 0. The SMILES string of the molecule is CCO[C@@H]1C[C@H]2C=C(c3c[nH]c(-c4ccc(F)cc4)c3-c3ccncc3)CCN2C1. The maximum Gasteiger partial charge on any atom is 0.123 e. The zero-order valence-electron chi connectivity index (χ0n) is 17.1. The van der Waals surface area contributed by atoms with Crippen LogP contribution in [0.15, 0.2) is 61.1 Å². The molecule has 0 saturated carbocycles. The zero-order valence-corrected chi connectivity index (χ0v) is 17.1. The lowest BCUT2D eigenvalue weighted by atomic mass is 9.90. The van der Waals surface area contributed by atoms with Gasteiger partial charge in [0.15, 0.2) is 0 Å². The van der Waals surface area contributed by atoms with Gasteiger partial charge < -0.3 is 9.72 Å². The number of aromatic nitrogens is 2. The van der Waals surface area contributed by atoms with E-state index in [1.54, 1.807) is 0 Å². The lowest BCUT2D eigenvalue weighted by molar-refractivity contribution is 0.0691. The Labute approximate surface area is 176 Å². The number of fused-ring (bicyclic) bond motifs is 1. The summed E-state index contributed by atoms with van der Waals surface area (Å²) in [4.78, 5) is 10.2. The van der Waals surface area contributed by atoms with E-state index in [2.05, 4.69) is 34.1 Å². The van der Waals surface area contributed by atoms with Crippen LogP contribution < -0.4 is 0 Å². The molecule has 1 saturated heterocycles. The minimum absolute atomic E-state index is 0.226. The van der Waals surface area contributed by atoms with Crippen LogP contribution in [-0.2, 0) is 4.74 Å². The van der Waals surface area contributed by atoms with Gasteiger partial charge in [-0.1, -0.05) is 6.08 Å². The fourth-order valence-corrected chi connectivity index (χ4v) is 4.82. The van der Waals surface area contributed by atoms with Crippen molar-refractivity contribution in [1.82, 2.24) is 14.9 Å². The molecule has 5 rings (SSSR count). The van der Waals surface area contributed by atoms with E-state index in [1.165, 1.54) is 23.3 Å². The quantitative estimate of drug-likeness (QED) is 0.641. The molecule has 2 aromatic heterocycles. The van der Waals surface area contributed by atoms with E-state index in [-0.39, 0.29) is 5.82 Å². The van der Waals surface area contributed by atoms with Gasteiger partial charge in [0.2, 0.25) is 0 Å². The Hall–Kier alpha value is -2.76. The molecular formula is C25H26FN3O. The van der Waals surface area contributed by atoms with E-state index < -0.39 is 0 Å². The largest absolute Gasteiger partial charge is 0.377 e. The molecule has 2 atom stereocenters. The Morgan fingerprint density at radius 2 is 1.93 bits per heavy atom. The van der Waals surface area contributed by atoms with Crippen LogP contribution in [0.5, 0.6) is 0 Å². The highest BCUT2D eigenvalue weighted by Crippen LogP contribution is 2.41. The molecule has 0 aliphatic carbocycles. The number of H-pyrrole nitrogens is 1. The molecule has 4 heterocycles. The summed E-state index contributed by atoms with van der Waals surface area (Å²) in [6, 6.07) is 11.2. The van der Waals surface area contributed by atoms with Gasteiger partial charge in [0, 0.05) is 55.5 Å². The Bertz CT molecular complexity index is 1040. The van der Waals surface area contributed by atoms with E-state index in [1.807, 2.05) is 36.7 Å². The molecule has 0 amide bonds. The van der Waals surface area contributed by atoms with Gasteiger partial charge in [0.1, 0.15) is 5.82 Å². The number of aromatic amines is 1. The Morgan fingerprint density at radius 3 is 2.70 bits per heavy atom. The maximum atomic E-state index is 13.5. The lowest BCUT2D eigenvalue weighted by Crippen LogP contribution is -2.33. The van der Waals surface area contributed by atoms with Gasteiger partial charge in [-0.25, -0.2) is 4.39 Å². The van der Waals surface area contributed by atoms with Crippen LogP contribution in [-0.4, -0.2) is 46.7 Å². The second-order valence-corrected chi connectivity index (χ2v) is 8.01. The van der Waals surface area contributed by atoms with E-state index in [4.69, 9.17) is 4.74 Å². The zero-order chi connectivity index (χ0) is 20.5. The molecule has 0 spiro atoms. The minimum Gasteiger partial charge on any atom is -0.377 e. The third-order valence-corrected chi connectivity index (χ3v) is 6.20. The Balaban J connectivity index is 1.56. The van der Waals surface area contributed by atoms with Crippen molar-refractivity contribution in [2.24, 2.45) is 0 Å². The van der Waals surface area contributed by atoms with Gasteiger partial charge in [-0.15, -0.1) is 0 Å². The highest BCUT2D eigenvalue weighted by Gasteiger charge is 2.34. The third-order valence-electron chi connectivity index (χ3n) is 6.20. The van der Waals surface area contributed by atoms with E-state index in [0.29, 0.717) is 12.1 Å². The first-order chi connectivity index (χ1) is 14.7. The van der Waals surface area contributed by atoms with Crippen molar-refractivity contribution in [3.63, 3.8) is 0 Å². The molecule has 1 N–H and O–H groups in total. The topological polar surface area (TPSA) is 41.1 Å². The second kappa shape index (κ2) is 8.17. The molecule has 0 bridgehead atoms. The lowest BCUT2D eigenvalue weighted by Gasteiger charge is -2.28. The van der Waals surface area contributed by atoms with Crippen molar-refractivity contribution < 1.29 is 9.13 Å². The fourth-order valence-electron chi connectivity index (χ4n) is 4.82. The van der Waals surface area contributed by atoms with Crippen molar-refractivity contribution in [2.75, 3.05) is 19.7 Å². The first kappa shape index (κ1) is 19.2. The van der Waals surface area contributed by atoms with Crippen molar-refractivity contribution in [1.29, 1.82) is 0 Å². The molecular weight excluding hydrogens is 377 g/mol. The first-order valence-electron chi connectivity index (χ1n) is 10.7. The van der Waals surface area contributed by atoms with Gasteiger partial charge in [-0.3, -0.25) is 9.88 Å². The van der Waals surface area contributed by atoms with E-state index in [0.717, 1.165) is 54.9 Å². The number of pyridine rings is 1. The number of ether oxygens (including phenoxy) is 1. The molecule has 154 valence electrons. The first-order valence-corrected chi connectivity index (χ1v) is 10.7. The standard InChI is InChI=1S/C25H26FN3O/c1-2-30-22-14-21-13-19(9-12-29(21)16-22)23-15-28-25(18-3-5-20(26)6-4-18)24(23)17-7-10-27-11-8-17/h3-8,10-11,13,15,21-22,28H,2,9,12,14,16H2,1H3/t21-,22-/m1/s1. The number of rotatable bonds is 5. The number of benzene rings is 1. The smallest absolute Gasteiger partial charge is 0.123 e. The van der Waals surface area contributed by atoms with Gasteiger partial charge >= 0.3 is 0 Å². The van der Waals surface area contributed by atoms with E-state index in [9.17, 15) is 4.39 Å². The number of halogens is 1. The maximum absolute atomic E-state index is 13.5. The number of hydrogen-bond donors (Lipinski definition) is 1. The average Bonchev–Trinajstić information content (AvgIpc) is 3.38. The molecule has 2 aliphatic heterocycles. The van der Waals surface area contributed by atoms with Gasteiger partial charge in [-0.05, 0) is 72.9 Å². The molecule has 1 aromatic carbocycles. The molecule has 30 heavy (non-hydrogen) atoms. The van der Waals surface area contributed by atoms with Crippen molar-refractivity contribution in [3.05, 3.63) is 72.4 Å². The van der Waals surface area contributed by atoms with E-state index >= 15 is 0 Å². The molecule has 4 nitrogen and oxygen atoms in total. The highest BCUT2D eigenvalue weighted by atomic mass is 19.1. The number of hydrogen-bond acceptors (Lipinski definition) is 3.